The monoisotopic (exact) mass is 238 g/mol. The van der Waals surface area contributed by atoms with E-state index in [1.54, 1.807) is 7.11 Å². The van der Waals surface area contributed by atoms with Crippen LogP contribution < -0.4 is 9.75 Å². The molecule has 0 radical (unpaired) electrons. The van der Waals surface area contributed by atoms with Gasteiger partial charge in [-0.05, 0) is 35.4 Å². The first kappa shape index (κ1) is 10.8. The zero-order valence-corrected chi connectivity index (χ0v) is 10.2. The molecule has 0 fully saturated rings. The minimum Gasteiger partial charge on any atom is -0.497 e. The quantitative estimate of drug-likeness (QED) is 0.803. The van der Waals surface area contributed by atoms with Crippen LogP contribution >= 0.6 is 0 Å². The largest absolute Gasteiger partial charge is 0.497 e. The number of hydrazone groups is 1. The van der Waals surface area contributed by atoms with E-state index in [-0.39, 0.29) is 0 Å². The van der Waals surface area contributed by atoms with E-state index < -0.39 is 0 Å². The van der Waals surface area contributed by atoms with Gasteiger partial charge in [-0.25, -0.2) is 0 Å². The minimum absolute atomic E-state index is 0.805. The molecule has 1 aliphatic heterocycles. The Kier molecular flexibility index (Phi) is 2.73. The molecular weight excluding hydrogens is 224 g/mol. The van der Waals surface area contributed by atoms with E-state index in [1.807, 2.05) is 41.6 Å². The molecule has 1 heterocycles. The minimum atomic E-state index is 0.805. The van der Waals surface area contributed by atoms with Gasteiger partial charge in [0, 0.05) is 0 Å². The number of hydrogen-bond donors (Lipinski definition) is 0. The van der Waals surface area contributed by atoms with E-state index in [0.717, 1.165) is 18.0 Å². The van der Waals surface area contributed by atoms with Crippen molar-refractivity contribution in [3.8, 4) is 5.75 Å². The number of ether oxygens (including phenoxy) is 1. The van der Waals surface area contributed by atoms with Gasteiger partial charge in [-0.2, -0.15) is 5.10 Å². The van der Waals surface area contributed by atoms with Gasteiger partial charge in [0.2, 0.25) is 0 Å². The summed E-state index contributed by atoms with van der Waals surface area (Å²) >= 11 is 0. The Balaban J connectivity index is 1.87. The van der Waals surface area contributed by atoms with Gasteiger partial charge in [-0.15, -0.1) is 0 Å². The van der Waals surface area contributed by atoms with E-state index in [4.69, 9.17) is 4.74 Å². The van der Waals surface area contributed by atoms with E-state index in [2.05, 4.69) is 23.3 Å². The Morgan fingerprint density at radius 3 is 2.61 bits per heavy atom. The van der Waals surface area contributed by atoms with Gasteiger partial charge >= 0.3 is 0 Å². The molecule has 18 heavy (non-hydrogen) atoms. The van der Waals surface area contributed by atoms with Crippen LogP contribution in [0, 0.1) is 0 Å². The average Bonchev–Trinajstić information content (AvgIpc) is 2.47. The van der Waals surface area contributed by atoms with Crippen molar-refractivity contribution < 1.29 is 4.74 Å². The van der Waals surface area contributed by atoms with Crippen molar-refractivity contribution in [2.24, 2.45) is 5.10 Å². The summed E-state index contributed by atoms with van der Waals surface area (Å²) in [6.45, 7) is 0.805. The molecule has 0 saturated heterocycles. The lowest BCUT2D eigenvalue weighted by Crippen LogP contribution is -2.20. The van der Waals surface area contributed by atoms with E-state index in [0.29, 0.717) is 0 Å². The van der Waals surface area contributed by atoms with Crippen molar-refractivity contribution in [2.45, 2.75) is 6.54 Å². The molecule has 2 aromatic rings. The third-order valence-corrected chi connectivity index (χ3v) is 3.08. The Morgan fingerprint density at radius 2 is 1.83 bits per heavy atom. The highest BCUT2D eigenvalue weighted by Crippen LogP contribution is 2.24. The Morgan fingerprint density at radius 1 is 1.06 bits per heavy atom. The topological polar surface area (TPSA) is 24.8 Å². The first-order valence-electron chi connectivity index (χ1n) is 5.90. The van der Waals surface area contributed by atoms with Gasteiger partial charge in [0.05, 0.1) is 25.6 Å². The second-order valence-electron chi connectivity index (χ2n) is 4.20. The van der Waals surface area contributed by atoms with Crippen LogP contribution in [-0.2, 0) is 6.54 Å². The molecule has 2 aromatic carbocycles. The summed E-state index contributed by atoms with van der Waals surface area (Å²) < 4.78 is 5.16. The summed E-state index contributed by atoms with van der Waals surface area (Å²) in [5, 5.41) is 6.45. The number of anilines is 1. The Labute approximate surface area is 106 Å². The summed E-state index contributed by atoms with van der Waals surface area (Å²) in [6, 6.07) is 16.3. The molecule has 0 atom stereocenters. The van der Waals surface area contributed by atoms with Crippen LogP contribution in [0.3, 0.4) is 0 Å². The van der Waals surface area contributed by atoms with Gasteiger partial charge < -0.3 is 4.74 Å². The maximum atomic E-state index is 5.16. The highest BCUT2D eigenvalue weighted by Gasteiger charge is 2.12. The average molecular weight is 238 g/mol. The Hall–Kier alpha value is -2.29. The number of fused-ring (bicyclic) bond motifs is 1. The molecular formula is C15H14N2O. The van der Waals surface area contributed by atoms with Crippen molar-refractivity contribution in [2.75, 3.05) is 12.1 Å². The number of methoxy groups -OCH3 is 1. The lowest BCUT2D eigenvalue weighted by molar-refractivity contribution is 0.415. The van der Waals surface area contributed by atoms with Crippen LogP contribution in [0.15, 0.2) is 53.6 Å². The van der Waals surface area contributed by atoms with Crippen molar-refractivity contribution in [1.82, 2.24) is 0 Å². The second-order valence-corrected chi connectivity index (χ2v) is 4.20. The molecule has 3 nitrogen and oxygen atoms in total. The van der Waals surface area contributed by atoms with E-state index >= 15 is 0 Å². The zero-order valence-electron chi connectivity index (χ0n) is 10.2. The fraction of sp³-hybridized carbons (Fsp3) is 0.133. The fourth-order valence-corrected chi connectivity index (χ4v) is 2.05. The molecule has 0 bridgehead atoms. The molecule has 0 N–H and O–H groups in total. The Bertz CT molecular complexity index is 575. The van der Waals surface area contributed by atoms with Crippen molar-refractivity contribution in [3.05, 3.63) is 59.7 Å². The standard InChI is InChI=1S/C15H14N2O/c1-18-15-8-6-14(7-9-15)17-11-13-5-3-2-4-12(13)10-16-17/h2-10H,11H2,1H3. The third-order valence-electron chi connectivity index (χ3n) is 3.08. The molecule has 1 aliphatic rings. The number of hydrogen-bond acceptors (Lipinski definition) is 3. The fourth-order valence-electron chi connectivity index (χ4n) is 2.05. The van der Waals surface area contributed by atoms with E-state index in [1.165, 1.54) is 11.1 Å². The van der Waals surface area contributed by atoms with Crippen LogP contribution in [0.2, 0.25) is 0 Å². The SMILES string of the molecule is COc1ccc(N2Cc3ccccc3C=N2)cc1. The second kappa shape index (κ2) is 4.53. The summed E-state index contributed by atoms with van der Waals surface area (Å²) in [6.07, 6.45) is 1.91. The molecule has 3 rings (SSSR count). The smallest absolute Gasteiger partial charge is 0.119 e. The number of rotatable bonds is 2. The first-order valence-corrected chi connectivity index (χ1v) is 5.90. The van der Waals surface area contributed by atoms with Crippen molar-refractivity contribution >= 4 is 11.9 Å². The maximum absolute atomic E-state index is 5.16. The lowest BCUT2D eigenvalue weighted by Gasteiger charge is -2.24. The summed E-state index contributed by atoms with van der Waals surface area (Å²) in [5.74, 6) is 0.861. The van der Waals surface area contributed by atoms with Gasteiger partial charge in [0.1, 0.15) is 5.75 Å². The van der Waals surface area contributed by atoms with Crippen LogP contribution in [0.4, 0.5) is 5.69 Å². The summed E-state index contributed by atoms with van der Waals surface area (Å²) in [7, 11) is 1.67. The highest BCUT2D eigenvalue weighted by molar-refractivity contribution is 5.84. The molecule has 90 valence electrons. The van der Waals surface area contributed by atoms with Gasteiger partial charge in [-0.1, -0.05) is 24.3 Å². The van der Waals surface area contributed by atoms with Crippen LogP contribution in [0.5, 0.6) is 5.75 Å². The molecule has 3 heteroatoms. The molecule has 0 aromatic heterocycles. The molecule has 0 spiro atoms. The zero-order chi connectivity index (χ0) is 12.4. The molecule has 0 saturated carbocycles. The van der Waals surface area contributed by atoms with Gasteiger partial charge in [-0.3, -0.25) is 5.01 Å². The maximum Gasteiger partial charge on any atom is 0.119 e. The first-order chi connectivity index (χ1) is 8.86. The van der Waals surface area contributed by atoms with Gasteiger partial charge in [0.25, 0.3) is 0 Å². The van der Waals surface area contributed by atoms with E-state index in [9.17, 15) is 0 Å². The number of nitrogens with zero attached hydrogens (tertiary/aromatic N) is 2. The van der Waals surface area contributed by atoms with Crippen LogP contribution in [0.25, 0.3) is 0 Å². The third kappa shape index (κ3) is 1.95. The highest BCUT2D eigenvalue weighted by atomic mass is 16.5. The molecule has 0 amide bonds. The number of benzene rings is 2. The summed E-state index contributed by atoms with van der Waals surface area (Å²) in [4.78, 5) is 0. The van der Waals surface area contributed by atoms with Gasteiger partial charge in [0.15, 0.2) is 0 Å². The van der Waals surface area contributed by atoms with Crippen LogP contribution in [0.1, 0.15) is 11.1 Å². The normalized spacial score (nSPS) is 13.3. The summed E-state index contributed by atoms with van der Waals surface area (Å²) in [5.41, 5.74) is 3.56. The van der Waals surface area contributed by atoms with Crippen molar-refractivity contribution in [3.63, 3.8) is 0 Å². The van der Waals surface area contributed by atoms with Crippen LogP contribution in [-0.4, -0.2) is 13.3 Å². The molecule has 0 unspecified atom stereocenters. The predicted octanol–water partition coefficient (Wildman–Crippen LogP) is 3.05. The predicted molar refractivity (Wildman–Crippen MR) is 73.2 cm³/mol. The molecule has 0 aliphatic carbocycles. The van der Waals surface area contributed by atoms with Crippen molar-refractivity contribution in [1.29, 1.82) is 0 Å². The lowest BCUT2D eigenvalue weighted by atomic mass is 10.1.